The highest BCUT2D eigenvalue weighted by Gasteiger charge is 2.26. The van der Waals surface area contributed by atoms with Crippen LogP contribution in [0.1, 0.15) is 66.4 Å². The highest BCUT2D eigenvalue weighted by Crippen LogP contribution is 2.32. The van der Waals surface area contributed by atoms with Crippen molar-refractivity contribution in [3.63, 3.8) is 0 Å². The molecule has 2 aliphatic rings. The van der Waals surface area contributed by atoms with E-state index < -0.39 is 0 Å². The minimum Gasteiger partial charge on any atom is -0.457 e. The minimum atomic E-state index is -0.341. The molecule has 2 fully saturated rings. The average molecular weight is 565 g/mol. The van der Waals surface area contributed by atoms with Crippen molar-refractivity contribution >= 4 is 23.2 Å². The Hall–Kier alpha value is -3.34. The van der Waals surface area contributed by atoms with Gasteiger partial charge in [-0.05, 0) is 61.6 Å². The van der Waals surface area contributed by atoms with Gasteiger partial charge in [0.1, 0.15) is 21.5 Å². The van der Waals surface area contributed by atoms with Gasteiger partial charge in [-0.1, -0.05) is 31.3 Å². The topological polar surface area (TPSA) is 114 Å². The summed E-state index contributed by atoms with van der Waals surface area (Å²) in [6.07, 6.45) is 3.00. The largest absolute Gasteiger partial charge is 0.457 e. The number of nitrogens with zero attached hydrogens (tertiary/aromatic N) is 3. The van der Waals surface area contributed by atoms with Crippen molar-refractivity contribution in [2.24, 2.45) is 5.92 Å². The lowest BCUT2D eigenvalue weighted by molar-refractivity contribution is -0.128. The highest BCUT2D eigenvalue weighted by molar-refractivity contribution is 7.14. The zero-order chi connectivity index (χ0) is 28.1. The summed E-state index contributed by atoms with van der Waals surface area (Å²) in [5.74, 6) is 1.47. The Morgan fingerprint density at radius 3 is 2.60 bits per heavy atom. The number of carbonyl (C=O) groups is 2. The molecule has 1 aromatic heterocycles. The summed E-state index contributed by atoms with van der Waals surface area (Å²) in [5, 5.41) is 23.4. The number of aromatic nitrogens is 2. The van der Waals surface area contributed by atoms with Crippen molar-refractivity contribution in [3.05, 3.63) is 58.6 Å². The monoisotopic (exact) mass is 564 g/mol. The quantitative estimate of drug-likeness (QED) is 0.365. The van der Waals surface area contributed by atoms with E-state index in [1.54, 1.807) is 23.5 Å². The first-order valence-electron chi connectivity index (χ1n) is 13.9. The number of amides is 2. The standard InChI is InChI=1S/C30H36N4O5S/c1-19(2)29-32-33-30(40-29)21-7-9-24(10-8-21)39-26-16-22(5-6-23(26)17-34-13-3-4-27(34)36)28(37)31-25(18-35)20-11-14-38-15-12-20/h5-10,16,19-20,25,35H,3-4,11-15,17-18H2,1-2H3,(H,31,37). The van der Waals surface area contributed by atoms with Crippen LogP contribution in [0.5, 0.6) is 11.5 Å². The molecule has 2 aliphatic heterocycles. The normalized spacial score (nSPS) is 16.9. The summed E-state index contributed by atoms with van der Waals surface area (Å²) in [6.45, 7) is 6.45. The van der Waals surface area contributed by atoms with Crippen LogP contribution in [0.3, 0.4) is 0 Å². The molecule has 3 heterocycles. The molecular formula is C30H36N4O5S. The molecule has 0 radical (unpaired) electrons. The average Bonchev–Trinajstić information content (AvgIpc) is 3.63. The number of ether oxygens (including phenoxy) is 2. The zero-order valence-electron chi connectivity index (χ0n) is 23.0. The fraction of sp³-hybridized carbons (Fsp3) is 0.467. The van der Waals surface area contributed by atoms with E-state index in [1.165, 1.54) is 0 Å². The van der Waals surface area contributed by atoms with E-state index >= 15 is 0 Å². The number of benzene rings is 2. The van der Waals surface area contributed by atoms with E-state index in [1.807, 2.05) is 35.2 Å². The van der Waals surface area contributed by atoms with Crippen LogP contribution in [0.25, 0.3) is 10.6 Å². The number of hydrogen-bond donors (Lipinski definition) is 2. The van der Waals surface area contributed by atoms with Crippen LogP contribution >= 0.6 is 11.3 Å². The number of carbonyl (C=O) groups excluding carboxylic acids is 2. The molecule has 5 rings (SSSR count). The van der Waals surface area contributed by atoms with Crippen molar-refractivity contribution in [2.75, 3.05) is 26.4 Å². The molecule has 0 saturated carbocycles. The highest BCUT2D eigenvalue weighted by atomic mass is 32.1. The second-order valence-electron chi connectivity index (χ2n) is 10.7. The number of aliphatic hydroxyl groups excluding tert-OH is 1. The Labute approximate surface area is 238 Å². The summed E-state index contributed by atoms with van der Waals surface area (Å²) >= 11 is 1.58. The Bertz CT molecular complexity index is 1320. The van der Waals surface area contributed by atoms with Crippen LogP contribution in [0.4, 0.5) is 0 Å². The molecule has 10 heteroatoms. The van der Waals surface area contributed by atoms with Crippen LogP contribution in [-0.4, -0.2) is 64.4 Å². The molecule has 2 saturated heterocycles. The number of rotatable bonds is 10. The van der Waals surface area contributed by atoms with Gasteiger partial charge >= 0.3 is 0 Å². The van der Waals surface area contributed by atoms with Crippen molar-refractivity contribution in [2.45, 2.75) is 58.0 Å². The maximum absolute atomic E-state index is 13.2. The van der Waals surface area contributed by atoms with Crippen LogP contribution in [-0.2, 0) is 16.1 Å². The van der Waals surface area contributed by atoms with E-state index in [9.17, 15) is 14.7 Å². The zero-order valence-corrected chi connectivity index (χ0v) is 23.8. The second-order valence-corrected chi connectivity index (χ2v) is 11.7. The summed E-state index contributed by atoms with van der Waals surface area (Å²) in [7, 11) is 0. The molecule has 2 amide bonds. The predicted octanol–water partition coefficient (Wildman–Crippen LogP) is 4.76. The Morgan fingerprint density at radius 1 is 1.18 bits per heavy atom. The van der Waals surface area contributed by atoms with Gasteiger partial charge in [0.05, 0.1) is 12.6 Å². The summed E-state index contributed by atoms with van der Waals surface area (Å²) in [6, 6.07) is 12.6. The maximum atomic E-state index is 13.2. The van der Waals surface area contributed by atoms with Crippen LogP contribution in [0.15, 0.2) is 42.5 Å². The minimum absolute atomic E-state index is 0.122. The van der Waals surface area contributed by atoms with Gasteiger partial charge in [-0.3, -0.25) is 9.59 Å². The van der Waals surface area contributed by atoms with Gasteiger partial charge in [-0.25, -0.2) is 0 Å². The third-order valence-electron chi connectivity index (χ3n) is 7.47. The van der Waals surface area contributed by atoms with Crippen molar-refractivity contribution in [3.8, 4) is 22.1 Å². The fourth-order valence-corrected chi connectivity index (χ4v) is 5.91. The van der Waals surface area contributed by atoms with Gasteiger partial charge in [-0.15, -0.1) is 10.2 Å². The van der Waals surface area contributed by atoms with Gasteiger partial charge in [0, 0.05) is 55.3 Å². The first-order chi connectivity index (χ1) is 19.4. The summed E-state index contributed by atoms with van der Waals surface area (Å²) in [5.41, 5.74) is 2.21. The molecule has 1 atom stereocenters. The smallest absolute Gasteiger partial charge is 0.251 e. The second kappa shape index (κ2) is 12.9. The molecule has 2 aromatic carbocycles. The number of nitrogens with one attached hydrogen (secondary N) is 1. The molecule has 1 unspecified atom stereocenters. The predicted molar refractivity (Wildman–Crippen MR) is 152 cm³/mol. The Morgan fingerprint density at radius 2 is 1.95 bits per heavy atom. The van der Waals surface area contributed by atoms with E-state index in [-0.39, 0.29) is 30.4 Å². The SMILES string of the molecule is CC(C)c1nnc(-c2ccc(Oc3cc(C(=O)NC(CO)C4CCOCC4)ccc3CN3CCCC3=O)cc2)s1. The van der Waals surface area contributed by atoms with Crippen molar-refractivity contribution in [1.82, 2.24) is 20.4 Å². The van der Waals surface area contributed by atoms with E-state index in [0.29, 0.717) is 55.7 Å². The van der Waals surface area contributed by atoms with Crippen LogP contribution in [0.2, 0.25) is 0 Å². The molecule has 3 aromatic rings. The molecule has 9 nitrogen and oxygen atoms in total. The van der Waals surface area contributed by atoms with Gasteiger partial charge in [0.25, 0.3) is 5.91 Å². The molecule has 0 aliphatic carbocycles. The molecule has 0 bridgehead atoms. The van der Waals surface area contributed by atoms with Crippen molar-refractivity contribution in [1.29, 1.82) is 0 Å². The van der Waals surface area contributed by atoms with E-state index in [2.05, 4.69) is 29.4 Å². The Balaban J connectivity index is 1.36. The first-order valence-corrected chi connectivity index (χ1v) is 14.7. The Kier molecular flexibility index (Phi) is 9.08. The third kappa shape index (κ3) is 6.68. The lowest BCUT2D eigenvalue weighted by Crippen LogP contribution is -2.44. The number of likely N-dealkylation sites (tertiary alicyclic amines) is 1. The first kappa shape index (κ1) is 28.2. The van der Waals surface area contributed by atoms with Gasteiger partial charge < -0.3 is 24.8 Å². The molecule has 0 spiro atoms. The lowest BCUT2D eigenvalue weighted by Gasteiger charge is -2.29. The summed E-state index contributed by atoms with van der Waals surface area (Å²) in [4.78, 5) is 27.4. The number of aliphatic hydroxyl groups is 1. The van der Waals surface area contributed by atoms with Gasteiger partial charge in [0.15, 0.2) is 0 Å². The lowest BCUT2D eigenvalue weighted by atomic mass is 9.92. The third-order valence-corrected chi connectivity index (χ3v) is 8.75. The molecular weight excluding hydrogens is 528 g/mol. The molecule has 212 valence electrons. The van der Waals surface area contributed by atoms with Crippen LogP contribution in [0, 0.1) is 5.92 Å². The van der Waals surface area contributed by atoms with E-state index in [4.69, 9.17) is 9.47 Å². The molecule has 40 heavy (non-hydrogen) atoms. The van der Waals surface area contributed by atoms with Crippen LogP contribution < -0.4 is 10.1 Å². The fourth-order valence-electron chi connectivity index (χ4n) is 5.06. The number of hydrogen-bond acceptors (Lipinski definition) is 8. The van der Waals surface area contributed by atoms with Crippen molar-refractivity contribution < 1.29 is 24.2 Å². The van der Waals surface area contributed by atoms with Gasteiger partial charge in [0.2, 0.25) is 5.91 Å². The van der Waals surface area contributed by atoms with Gasteiger partial charge in [-0.2, -0.15) is 0 Å². The summed E-state index contributed by atoms with van der Waals surface area (Å²) < 4.78 is 11.7. The van der Waals surface area contributed by atoms with E-state index in [0.717, 1.165) is 40.4 Å². The molecule has 2 N–H and O–H groups in total. The maximum Gasteiger partial charge on any atom is 0.251 e.